The van der Waals surface area contributed by atoms with Gasteiger partial charge in [0.1, 0.15) is 0 Å². The maximum absolute atomic E-state index is 13.2. The second kappa shape index (κ2) is 4.44. The molecule has 114 valence electrons. The number of anilines is 1. The maximum Gasteiger partial charge on any atom is 0.396 e. The summed E-state index contributed by atoms with van der Waals surface area (Å²) in [5, 5.41) is 7.98. The van der Waals surface area contributed by atoms with E-state index in [1.165, 1.54) is 0 Å². The molecule has 1 aliphatic carbocycles. The molecule has 2 aliphatic rings. The number of rotatable bonds is 2. The first kappa shape index (κ1) is 13.5. The lowest BCUT2D eigenvalue weighted by molar-refractivity contribution is -0.184. The predicted octanol–water partition coefficient (Wildman–Crippen LogP) is 3.53. The molecule has 1 saturated carbocycles. The number of hydrogen-bond acceptors (Lipinski definition) is 3. The Morgan fingerprint density at radius 2 is 1.91 bits per heavy atom. The first-order valence-electron chi connectivity index (χ1n) is 7.19. The van der Waals surface area contributed by atoms with Gasteiger partial charge in [0, 0.05) is 18.7 Å². The van der Waals surface area contributed by atoms with E-state index in [1.54, 1.807) is 11.1 Å². The third-order valence-corrected chi connectivity index (χ3v) is 4.78. The van der Waals surface area contributed by atoms with Crippen LogP contribution in [-0.2, 0) is 0 Å². The lowest BCUT2D eigenvalue weighted by Crippen LogP contribution is -2.33. The Bertz CT molecular complexity index is 701. The molecule has 0 N–H and O–H groups in total. The van der Waals surface area contributed by atoms with Gasteiger partial charge < -0.3 is 4.90 Å². The van der Waals surface area contributed by atoms with Crippen LogP contribution in [0.1, 0.15) is 6.42 Å². The average molecular weight is 305 g/mol. The molecule has 2 atom stereocenters. The van der Waals surface area contributed by atoms with E-state index in [4.69, 9.17) is 0 Å². The first-order chi connectivity index (χ1) is 10.5. The quantitative estimate of drug-likeness (QED) is 0.850. The summed E-state index contributed by atoms with van der Waals surface area (Å²) >= 11 is 0. The van der Waals surface area contributed by atoms with Crippen molar-refractivity contribution in [3.63, 3.8) is 0 Å². The molecule has 1 aliphatic heterocycles. The van der Waals surface area contributed by atoms with E-state index in [2.05, 4.69) is 10.2 Å². The van der Waals surface area contributed by atoms with Gasteiger partial charge in [-0.2, -0.15) is 18.3 Å². The van der Waals surface area contributed by atoms with Crippen molar-refractivity contribution in [3.8, 4) is 11.1 Å². The molecule has 22 heavy (non-hydrogen) atoms. The molecular formula is C16H14F3N3. The number of hydrogen-bond donors (Lipinski definition) is 0. The van der Waals surface area contributed by atoms with Crippen LogP contribution in [0.2, 0.25) is 0 Å². The topological polar surface area (TPSA) is 29.0 Å². The molecule has 6 heteroatoms. The summed E-state index contributed by atoms with van der Waals surface area (Å²) in [5.41, 5.74) is 0.332. The lowest BCUT2D eigenvalue weighted by Gasteiger charge is -2.23. The molecule has 2 unspecified atom stereocenters. The highest BCUT2D eigenvalue weighted by atomic mass is 19.4. The molecule has 0 spiro atoms. The molecule has 0 bridgehead atoms. The Hall–Kier alpha value is -2.11. The monoisotopic (exact) mass is 305 g/mol. The lowest BCUT2D eigenvalue weighted by atomic mass is 10.1. The molecule has 1 aromatic heterocycles. The molecule has 2 heterocycles. The average Bonchev–Trinajstić information content (AvgIpc) is 3.11. The minimum atomic E-state index is -4.13. The molecule has 4 rings (SSSR count). The molecule has 1 saturated heterocycles. The smallest absolute Gasteiger partial charge is 0.354 e. The number of halogens is 3. The molecular weight excluding hydrogens is 291 g/mol. The van der Waals surface area contributed by atoms with E-state index in [1.807, 2.05) is 36.4 Å². The number of piperidine rings is 1. The number of fused-ring (bicyclic) bond motifs is 1. The molecule has 2 fully saturated rings. The highest BCUT2D eigenvalue weighted by Crippen LogP contribution is 2.66. The number of benzene rings is 1. The van der Waals surface area contributed by atoms with E-state index in [9.17, 15) is 13.2 Å². The maximum atomic E-state index is 13.2. The normalized spacial score (nSPS) is 26.9. The zero-order valence-electron chi connectivity index (χ0n) is 11.7. The molecule has 0 amide bonds. The fraction of sp³-hybridized carbons (Fsp3) is 0.375. The van der Waals surface area contributed by atoms with Crippen LogP contribution in [-0.4, -0.2) is 29.5 Å². The first-order valence-corrected chi connectivity index (χ1v) is 7.19. The van der Waals surface area contributed by atoms with Crippen LogP contribution in [0.3, 0.4) is 0 Å². The van der Waals surface area contributed by atoms with Crippen LogP contribution in [0.25, 0.3) is 11.1 Å². The minimum Gasteiger partial charge on any atom is -0.354 e. The summed E-state index contributed by atoms with van der Waals surface area (Å²) in [6.07, 6.45) is -2.25. The van der Waals surface area contributed by atoms with Gasteiger partial charge in [-0.3, -0.25) is 0 Å². The van der Waals surface area contributed by atoms with Gasteiger partial charge in [0.05, 0.1) is 11.6 Å². The fourth-order valence-electron chi connectivity index (χ4n) is 3.39. The van der Waals surface area contributed by atoms with Crippen molar-refractivity contribution >= 4 is 5.82 Å². The predicted molar refractivity (Wildman–Crippen MR) is 76.3 cm³/mol. The van der Waals surface area contributed by atoms with Crippen molar-refractivity contribution < 1.29 is 13.2 Å². The molecule has 2 aromatic rings. The molecule has 1 aromatic carbocycles. The number of nitrogens with zero attached hydrogens (tertiary/aromatic N) is 3. The summed E-state index contributed by atoms with van der Waals surface area (Å²) in [6.45, 7) is 0.403. The van der Waals surface area contributed by atoms with Crippen molar-refractivity contribution in [1.82, 2.24) is 10.2 Å². The van der Waals surface area contributed by atoms with E-state index < -0.39 is 11.6 Å². The third-order valence-electron chi connectivity index (χ3n) is 4.78. The van der Waals surface area contributed by atoms with Crippen LogP contribution in [0, 0.1) is 11.3 Å². The minimum absolute atomic E-state index is 0.00586. The summed E-state index contributed by atoms with van der Waals surface area (Å²) in [6, 6.07) is 11.5. The Kier molecular flexibility index (Phi) is 2.74. The van der Waals surface area contributed by atoms with Crippen LogP contribution in [0.4, 0.5) is 19.0 Å². The second-order valence-corrected chi connectivity index (χ2v) is 6.10. The van der Waals surface area contributed by atoms with Crippen LogP contribution < -0.4 is 4.90 Å². The summed E-state index contributed by atoms with van der Waals surface area (Å²) < 4.78 is 39.5. The van der Waals surface area contributed by atoms with Crippen LogP contribution >= 0.6 is 0 Å². The van der Waals surface area contributed by atoms with Crippen molar-refractivity contribution in [2.24, 2.45) is 11.3 Å². The molecule has 3 nitrogen and oxygen atoms in total. The zero-order chi connectivity index (χ0) is 15.4. The highest BCUT2D eigenvalue weighted by Gasteiger charge is 2.74. The van der Waals surface area contributed by atoms with E-state index in [0.29, 0.717) is 12.4 Å². The summed E-state index contributed by atoms with van der Waals surface area (Å²) in [5.74, 6) is 0.229. The van der Waals surface area contributed by atoms with Crippen LogP contribution in [0.5, 0.6) is 0 Å². The Morgan fingerprint density at radius 3 is 2.59 bits per heavy atom. The van der Waals surface area contributed by atoms with Gasteiger partial charge in [0.25, 0.3) is 0 Å². The zero-order valence-corrected chi connectivity index (χ0v) is 11.7. The SMILES string of the molecule is FC(F)(F)C12CC1CN(c1cc(-c3ccccc3)cnn1)C2. The summed E-state index contributed by atoms with van der Waals surface area (Å²) in [7, 11) is 0. The second-order valence-electron chi connectivity index (χ2n) is 6.10. The van der Waals surface area contributed by atoms with Crippen molar-refractivity contribution in [1.29, 1.82) is 0 Å². The van der Waals surface area contributed by atoms with Gasteiger partial charge in [-0.25, -0.2) is 0 Å². The van der Waals surface area contributed by atoms with Gasteiger partial charge in [-0.15, -0.1) is 5.10 Å². The van der Waals surface area contributed by atoms with Gasteiger partial charge in [0.2, 0.25) is 0 Å². The standard InChI is InChI=1S/C16H14F3N3/c17-16(18,19)15-7-13(15)9-22(10-15)14-6-12(8-20-21-14)11-4-2-1-3-5-11/h1-6,8,13H,7,9-10H2. The number of aromatic nitrogens is 2. The van der Waals surface area contributed by atoms with E-state index >= 15 is 0 Å². The Labute approximate surface area is 125 Å². The fourth-order valence-corrected chi connectivity index (χ4v) is 3.39. The number of alkyl halides is 3. The molecule has 0 radical (unpaired) electrons. The van der Waals surface area contributed by atoms with Gasteiger partial charge >= 0.3 is 6.18 Å². The highest BCUT2D eigenvalue weighted by molar-refractivity contribution is 5.65. The van der Waals surface area contributed by atoms with Gasteiger partial charge in [0.15, 0.2) is 5.82 Å². The van der Waals surface area contributed by atoms with E-state index in [-0.39, 0.29) is 18.9 Å². The Balaban J connectivity index is 1.61. The van der Waals surface area contributed by atoms with E-state index in [0.717, 1.165) is 11.1 Å². The largest absolute Gasteiger partial charge is 0.396 e. The summed E-state index contributed by atoms with van der Waals surface area (Å²) in [4.78, 5) is 1.71. The van der Waals surface area contributed by atoms with Crippen molar-refractivity contribution in [2.45, 2.75) is 12.6 Å². The van der Waals surface area contributed by atoms with Crippen molar-refractivity contribution in [2.75, 3.05) is 18.0 Å². The van der Waals surface area contributed by atoms with Gasteiger partial charge in [-0.1, -0.05) is 30.3 Å². The van der Waals surface area contributed by atoms with Crippen molar-refractivity contribution in [3.05, 3.63) is 42.6 Å². The Morgan fingerprint density at radius 1 is 1.14 bits per heavy atom. The third kappa shape index (κ3) is 1.97. The van der Waals surface area contributed by atoms with Gasteiger partial charge in [-0.05, 0) is 24.0 Å². The van der Waals surface area contributed by atoms with Crippen LogP contribution in [0.15, 0.2) is 42.6 Å².